The summed E-state index contributed by atoms with van der Waals surface area (Å²) in [5, 5.41) is 0. The summed E-state index contributed by atoms with van der Waals surface area (Å²) >= 11 is 3.49. The molecule has 0 amide bonds. The molecule has 2 N–H and O–H groups in total. The van der Waals surface area contributed by atoms with Gasteiger partial charge in [-0.15, -0.1) is 0 Å². The van der Waals surface area contributed by atoms with Gasteiger partial charge in [0.15, 0.2) is 0 Å². The third-order valence-electron chi connectivity index (χ3n) is 3.08. The molecule has 0 saturated heterocycles. The highest BCUT2D eigenvalue weighted by Gasteiger charge is 2.21. The van der Waals surface area contributed by atoms with E-state index in [1.165, 1.54) is 0 Å². The number of methoxy groups -OCH3 is 1. The number of likely N-dealkylation sites (N-methyl/N-ethyl adjacent to an activating group) is 1. The van der Waals surface area contributed by atoms with Crippen molar-refractivity contribution in [3.8, 4) is 5.75 Å². The van der Waals surface area contributed by atoms with Gasteiger partial charge in [-0.1, -0.05) is 15.9 Å². The van der Waals surface area contributed by atoms with E-state index in [0.29, 0.717) is 12.6 Å². The van der Waals surface area contributed by atoms with Gasteiger partial charge in [0.25, 0.3) is 0 Å². The fraction of sp³-hybridized carbons (Fsp3) is 0.538. The summed E-state index contributed by atoms with van der Waals surface area (Å²) in [6.07, 6.45) is 0. The van der Waals surface area contributed by atoms with Crippen molar-refractivity contribution in [2.24, 2.45) is 5.73 Å². The molecule has 0 bridgehead atoms. The minimum absolute atomic E-state index is 0.169. The Morgan fingerprint density at radius 2 is 2.06 bits per heavy atom. The smallest absolute Gasteiger partial charge is 0.123 e. The van der Waals surface area contributed by atoms with Gasteiger partial charge >= 0.3 is 0 Å². The van der Waals surface area contributed by atoms with Crippen LogP contribution in [0, 0.1) is 0 Å². The van der Waals surface area contributed by atoms with Crippen molar-refractivity contribution in [2.75, 3.05) is 20.7 Å². The van der Waals surface area contributed by atoms with E-state index in [1.807, 2.05) is 12.1 Å². The molecule has 1 aromatic carbocycles. The molecule has 1 atom stereocenters. The minimum Gasteiger partial charge on any atom is -0.496 e. The minimum atomic E-state index is 0.169. The average molecular weight is 301 g/mol. The van der Waals surface area contributed by atoms with Crippen LogP contribution in [0.1, 0.15) is 25.5 Å². The highest BCUT2D eigenvalue weighted by Crippen LogP contribution is 2.31. The van der Waals surface area contributed by atoms with Crippen LogP contribution >= 0.6 is 15.9 Å². The third kappa shape index (κ3) is 3.44. The summed E-state index contributed by atoms with van der Waals surface area (Å²) < 4.78 is 6.46. The van der Waals surface area contributed by atoms with Crippen LogP contribution in [0.25, 0.3) is 0 Å². The molecule has 0 saturated carbocycles. The zero-order valence-electron chi connectivity index (χ0n) is 10.9. The van der Waals surface area contributed by atoms with E-state index < -0.39 is 0 Å². The SMILES string of the molecule is COc1ccc(Br)cc1C(CN)N(C)C(C)C. The lowest BCUT2D eigenvalue weighted by molar-refractivity contribution is 0.197. The Hall–Kier alpha value is -0.580. The summed E-state index contributed by atoms with van der Waals surface area (Å²) in [5.41, 5.74) is 7.03. The fourth-order valence-electron chi connectivity index (χ4n) is 1.84. The summed E-state index contributed by atoms with van der Waals surface area (Å²) in [4.78, 5) is 2.25. The first-order chi connectivity index (χ1) is 8.01. The molecule has 0 aromatic heterocycles. The van der Waals surface area contributed by atoms with Crippen molar-refractivity contribution >= 4 is 15.9 Å². The van der Waals surface area contributed by atoms with E-state index in [9.17, 15) is 0 Å². The lowest BCUT2D eigenvalue weighted by Gasteiger charge is -2.31. The third-order valence-corrected chi connectivity index (χ3v) is 3.57. The van der Waals surface area contributed by atoms with Crippen LogP contribution in [0.4, 0.5) is 0 Å². The van der Waals surface area contributed by atoms with Crippen molar-refractivity contribution in [3.63, 3.8) is 0 Å². The van der Waals surface area contributed by atoms with E-state index >= 15 is 0 Å². The highest BCUT2D eigenvalue weighted by molar-refractivity contribution is 9.10. The van der Waals surface area contributed by atoms with Crippen molar-refractivity contribution in [1.82, 2.24) is 4.90 Å². The van der Waals surface area contributed by atoms with Crippen molar-refractivity contribution in [2.45, 2.75) is 25.9 Å². The number of nitrogens with zero attached hydrogens (tertiary/aromatic N) is 1. The first-order valence-electron chi connectivity index (χ1n) is 5.76. The van der Waals surface area contributed by atoms with Gasteiger partial charge in [-0.2, -0.15) is 0 Å². The molecule has 0 heterocycles. The molecule has 17 heavy (non-hydrogen) atoms. The van der Waals surface area contributed by atoms with Crippen LogP contribution in [-0.4, -0.2) is 31.6 Å². The molecule has 1 aromatic rings. The summed E-state index contributed by atoms with van der Waals surface area (Å²) in [5.74, 6) is 0.885. The Morgan fingerprint density at radius 1 is 1.41 bits per heavy atom. The molecule has 0 spiro atoms. The van der Waals surface area contributed by atoms with E-state index in [4.69, 9.17) is 10.5 Å². The first-order valence-corrected chi connectivity index (χ1v) is 6.56. The summed E-state index contributed by atoms with van der Waals surface area (Å²) in [7, 11) is 3.78. The number of rotatable bonds is 5. The average Bonchev–Trinajstić information content (AvgIpc) is 2.30. The predicted molar refractivity (Wildman–Crippen MR) is 75.4 cm³/mol. The molecule has 96 valence electrons. The van der Waals surface area contributed by atoms with E-state index in [2.05, 4.69) is 47.8 Å². The van der Waals surface area contributed by atoms with Gasteiger partial charge in [0.1, 0.15) is 5.75 Å². The number of ether oxygens (including phenoxy) is 1. The molecule has 1 rings (SSSR count). The number of hydrogen-bond donors (Lipinski definition) is 1. The Balaban J connectivity index is 3.14. The molecular weight excluding hydrogens is 280 g/mol. The predicted octanol–water partition coefficient (Wildman–Crippen LogP) is 2.80. The number of benzene rings is 1. The van der Waals surface area contributed by atoms with E-state index in [1.54, 1.807) is 7.11 Å². The van der Waals surface area contributed by atoms with E-state index in [0.717, 1.165) is 15.8 Å². The van der Waals surface area contributed by atoms with Gasteiger partial charge in [-0.3, -0.25) is 4.90 Å². The topological polar surface area (TPSA) is 38.5 Å². The maximum atomic E-state index is 5.90. The fourth-order valence-corrected chi connectivity index (χ4v) is 2.22. The van der Waals surface area contributed by atoms with Crippen LogP contribution < -0.4 is 10.5 Å². The molecule has 1 unspecified atom stereocenters. The van der Waals surface area contributed by atoms with Crippen molar-refractivity contribution < 1.29 is 4.74 Å². The van der Waals surface area contributed by atoms with Gasteiger partial charge in [0.2, 0.25) is 0 Å². The van der Waals surface area contributed by atoms with Gasteiger partial charge in [0, 0.05) is 22.6 Å². The largest absolute Gasteiger partial charge is 0.496 e. The lowest BCUT2D eigenvalue weighted by atomic mass is 10.0. The zero-order valence-corrected chi connectivity index (χ0v) is 12.5. The molecule has 0 aliphatic carbocycles. The Kier molecular flexibility index (Phi) is 5.43. The normalized spacial score (nSPS) is 13.2. The first kappa shape index (κ1) is 14.5. The van der Waals surface area contributed by atoms with Crippen LogP contribution in [-0.2, 0) is 0 Å². The molecular formula is C13H21BrN2O. The molecule has 0 aliphatic heterocycles. The monoisotopic (exact) mass is 300 g/mol. The van der Waals surface area contributed by atoms with Crippen molar-refractivity contribution in [3.05, 3.63) is 28.2 Å². The number of hydrogen-bond acceptors (Lipinski definition) is 3. The summed E-state index contributed by atoms with van der Waals surface area (Å²) in [6.45, 7) is 4.89. The molecule has 0 aliphatic rings. The van der Waals surface area contributed by atoms with Gasteiger partial charge in [-0.25, -0.2) is 0 Å². The molecule has 0 radical (unpaired) electrons. The number of nitrogens with two attached hydrogens (primary N) is 1. The van der Waals surface area contributed by atoms with Crippen LogP contribution in [0.15, 0.2) is 22.7 Å². The Bertz CT molecular complexity index is 368. The van der Waals surface area contributed by atoms with Gasteiger partial charge < -0.3 is 10.5 Å². The van der Waals surface area contributed by atoms with Crippen LogP contribution in [0.5, 0.6) is 5.75 Å². The van der Waals surface area contributed by atoms with Gasteiger partial charge in [-0.05, 0) is 39.1 Å². The standard InChI is InChI=1S/C13H21BrN2O/c1-9(2)16(3)12(8-15)11-7-10(14)5-6-13(11)17-4/h5-7,9,12H,8,15H2,1-4H3. The second-order valence-electron chi connectivity index (χ2n) is 4.40. The highest BCUT2D eigenvalue weighted by atomic mass is 79.9. The summed E-state index contributed by atoms with van der Waals surface area (Å²) in [6, 6.07) is 6.63. The maximum Gasteiger partial charge on any atom is 0.123 e. The second-order valence-corrected chi connectivity index (χ2v) is 5.31. The second kappa shape index (κ2) is 6.38. The molecule has 3 nitrogen and oxygen atoms in total. The van der Waals surface area contributed by atoms with Crippen LogP contribution in [0.2, 0.25) is 0 Å². The quantitative estimate of drug-likeness (QED) is 0.909. The van der Waals surface area contributed by atoms with Gasteiger partial charge in [0.05, 0.1) is 13.2 Å². The zero-order chi connectivity index (χ0) is 13.0. The van der Waals surface area contributed by atoms with E-state index in [-0.39, 0.29) is 6.04 Å². The molecule has 0 fully saturated rings. The Morgan fingerprint density at radius 3 is 2.53 bits per heavy atom. The number of halogens is 1. The maximum absolute atomic E-state index is 5.90. The lowest BCUT2D eigenvalue weighted by Crippen LogP contribution is -2.35. The van der Waals surface area contributed by atoms with Crippen molar-refractivity contribution in [1.29, 1.82) is 0 Å². The molecule has 4 heteroatoms. The Labute approximate surface area is 112 Å². The van der Waals surface area contributed by atoms with Crippen LogP contribution in [0.3, 0.4) is 0 Å².